The van der Waals surface area contributed by atoms with Crippen molar-refractivity contribution in [2.45, 2.75) is 45.6 Å². The van der Waals surface area contributed by atoms with Gasteiger partial charge in [0.15, 0.2) is 0 Å². The molecule has 0 amide bonds. The molecule has 2 rings (SSSR count). The van der Waals surface area contributed by atoms with Crippen LogP contribution in [0.15, 0.2) is 18.2 Å². The van der Waals surface area contributed by atoms with Gasteiger partial charge in [0, 0.05) is 6.07 Å². The fourth-order valence-corrected chi connectivity index (χ4v) is 2.27. The second kappa shape index (κ2) is 4.62. The van der Waals surface area contributed by atoms with Crippen LogP contribution in [0.1, 0.15) is 39.5 Å². The van der Waals surface area contributed by atoms with Crippen LogP contribution in [-0.2, 0) is 0 Å². The Hall–Kier alpha value is -0.760. The minimum atomic E-state index is 0.305. The summed E-state index contributed by atoms with van der Waals surface area (Å²) in [5.41, 5.74) is 0.474. The Morgan fingerprint density at radius 2 is 2.00 bits per heavy atom. The lowest BCUT2D eigenvalue weighted by atomic mass is 9.76. The van der Waals surface area contributed by atoms with Crippen LogP contribution in [0.4, 0.5) is 0 Å². The third-order valence-electron chi connectivity index (χ3n) is 3.26. The van der Waals surface area contributed by atoms with Crippen LogP contribution in [0.2, 0.25) is 5.15 Å². The van der Waals surface area contributed by atoms with Gasteiger partial charge in [0.2, 0.25) is 5.88 Å². The average molecular weight is 240 g/mol. The molecule has 1 aliphatic carbocycles. The molecule has 0 saturated heterocycles. The number of halogens is 1. The van der Waals surface area contributed by atoms with E-state index in [0.29, 0.717) is 22.6 Å². The van der Waals surface area contributed by atoms with E-state index in [1.54, 1.807) is 6.07 Å². The highest BCUT2D eigenvalue weighted by molar-refractivity contribution is 6.29. The maximum Gasteiger partial charge on any atom is 0.214 e. The molecule has 0 aromatic carbocycles. The molecule has 1 heterocycles. The predicted molar refractivity (Wildman–Crippen MR) is 65.9 cm³/mol. The van der Waals surface area contributed by atoms with E-state index in [2.05, 4.69) is 18.8 Å². The summed E-state index contributed by atoms with van der Waals surface area (Å²) in [6, 6.07) is 5.50. The summed E-state index contributed by atoms with van der Waals surface area (Å²) in [7, 11) is 0. The third-order valence-corrected chi connectivity index (χ3v) is 3.47. The molecule has 0 atom stereocenters. The van der Waals surface area contributed by atoms with Crippen LogP contribution in [0.3, 0.4) is 0 Å². The molecule has 1 aliphatic rings. The zero-order valence-electron chi connectivity index (χ0n) is 9.87. The molecule has 88 valence electrons. The van der Waals surface area contributed by atoms with Crippen molar-refractivity contribution in [3.8, 4) is 5.88 Å². The first kappa shape index (κ1) is 11.7. The van der Waals surface area contributed by atoms with Crippen molar-refractivity contribution in [1.29, 1.82) is 0 Å². The Kier molecular flexibility index (Phi) is 3.38. The van der Waals surface area contributed by atoms with Crippen molar-refractivity contribution in [1.82, 2.24) is 4.98 Å². The Morgan fingerprint density at radius 3 is 2.62 bits per heavy atom. The average Bonchev–Trinajstić information content (AvgIpc) is 2.21. The number of nitrogens with zero attached hydrogens (tertiary/aromatic N) is 1. The Labute approximate surface area is 102 Å². The standard InChI is InChI=1S/C13H18ClNO/c1-13(2)8-6-10(7-9-13)16-12-5-3-4-11(14)15-12/h3-5,10H,6-9H2,1-2H3. The lowest BCUT2D eigenvalue weighted by molar-refractivity contribution is 0.0949. The summed E-state index contributed by atoms with van der Waals surface area (Å²) in [4.78, 5) is 4.15. The van der Waals surface area contributed by atoms with Gasteiger partial charge < -0.3 is 4.74 Å². The summed E-state index contributed by atoms with van der Waals surface area (Å²) in [6.45, 7) is 4.64. The first-order valence-electron chi connectivity index (χ1n) is 5.84. The highest BCUT2D eigenvalue weighted by Gasteiger charge is 2.27. The normalized spacial score (nSPS) is 20.7. The monoisotopic (exact) mass is 239 g/mol. The van der Waals surface area contributed by atoms with Gasteiger partial charge in [-0.1, -0.05) is 31.5 Å². The van der Waals surface area contributed by atoms with Gasteiger partial charge in [0.1, 0.15) is 11.3 Å². The number of ether oxygens (including phenoxy) is 1. The number of hydrogen-bond acceptors (Lipinski definition) is 2. The van der Waals surface area contributed by atoms with E-state index in [0.717, 1.165) is 12.8 Å². The van der Waals surface area contributed by atoms with Crippen LogP contribution in [0.5, 0.6) is 5.88 Å². The van der Waals surface area contributed by atoms with E-state index in [1.165, 1.54) is 12.8 Å². The number of aromatic nitrogens is 1. The van der Waals surface area contributed by atoms with Crippen molar-refractivity contribution >= 4 is 11.6 Å². The second-order valence-corrected chi connectivity index (χ2v) is 5.67. The van der Waals surface area contributed by atoms with Gasteiger partial charge in [-0.05, 0) is 37.2 Å². The van der Waals surface area contributed by atoms with Crippen molar-refractivity contribution in [3.63, 3.8) is 0 Å². The summed E-state index contributed by atoms with van der Waals surface area (Å²) < 4.78 is 5.83. The van der Waals surface area contributed by atoms with Gasteiger partial charge in [-0.15, -0.1) is 0 Å². The minimum Gasteiger partial charge on any atom is -0.474 e. The number of pyridine rings is 1. The lowest BCUT2D eigenvalue weighted by Crippen LogP contribution is -2.28. The topological polar surface area (TPSA) is 22.1 Å². The van der Waals surface area contributed by atoms with Gasteiger partial charge in [0.25, 0.3) is 0 Å². The van der Waals surface area contributed by atoms with Crippen LogP contribution < -0.4 is 4.74 Å². The summed E-state index contributed by atoms with van der Waals surface area (Å²) in [5, 5.41) is 0.494. The highest BCUT2D eigenvalue weighted by Crippen LogP contribution is 2.36. The van der Waals surface area contributed by atoms with Crippen LogP contribution >= 0.6 is 11.6 Å². The van der Waals surface area contributed by atoms with E-state index < -0.39 is 0 Å². The Bertz CT molecular complexity index is 355. The minimum absolute atomic E-state index is 0.305. The van der Waals surface area contributed by atoms with Crippen LogP contribution in [0.25, 0.3) is 0 Å². The van der Waals surface area contributed by atoms with E-state index in [-0.39, 0.29) is 0 Å². The fraction of sp³-hybridized carbons (Fsp3) is 0.615. The number of rotatable bonds is 2. The number of hydrogen-bond donors (Lipinski definition) is 0. The van der Waals surface area contributed by atoms with Gasteiger partial charge in [-0.25, -0.2) is 4.98 Å². The molecule has 1 fully saturated rings. The molecule has 0 unspecified atom stereocenters. The summed E-state index contributed by atoms with van der Waals surface area (Å²) in [5.74, 6) is 0.650. The summed E-state index contributed by atoms with van der Waals surface area (Å²) >= 11 is 5.82. The van der Waals surface area contributed by atoms with Crippen molar-refractivity contribution < 1.29 is 4.74 Å². The van der Waals surface area contributed by atoms with Gasteiger partial charge in [-0.2, -0.15) is 0 Å². The molecule has 1 aromatic heterocycles. The highest BCUT2D eigenvalue weighted by atomic mass is 35.5. The lowest BCUT2D eigenvalue weighted by Gasteiger charge is -2.34. The van der Waals surface area contributed by atoms with Crippen molar-refractivity contribution in [2.24, 2.45) is 5.41 Å². The van der Waals surface area contributed by atoms with E-state index >= 15 is 0 Å². The molecule has 1 saturated carbocycles. The molecule has 0 bridgehead atoms. The zero-order chi connectivity index (χ0) is 11.6. The maximum atomic E-state index is 5.83. The molecule has 3 heteroatoms. The van der Waals surface area contributed by atoms with Crippen molar-refractivity contribution in [2.75, 3.05) is 0 Å². The molecular weight excluding hydrogens is 222 g/mol. The van der Waals surface area contributed by atoms with Crippen LogP contribution in [-0.4, -0.2) is 11.1 Å². The van der Waals surface area contributed by atoms with Crippen molar-refractivity contribution in [3.05, 3.63) is 23.4 Å². The molecule has 1 aromatic rings. The second-order valence-electron chi connectivity index (χ2n) is 5.28. The Morgan fingerprint density at radius 1 is 1.31 bits per heavy atom. The van der Waals surface area contributed by atoms with E-state index in [9.17, 15) is 0 Å². The molecule has 0 N–H and O–H groups in total. The third kappa shape index (κ3) is 3.11. The largest absolute Gasteiger partial charge is 0.474 e. The van der Waals surface area contributed by atoms with Gasteiger partial charge in [0.05, 0.1) is 0 Å². The quantitative estimate of drug-likeness (QED) is 0.726. The zero-order valence-corrected chi connectivity index (χ0v) is 10.6. The molecule has 0 spiro atoms. The Balaban J connectivity index is 1.92. The predicted octanol–water partition coefficient (Wildman–Crippen LogP) is 4.08. The molecular formula is C13H18ClNO. The van der Waals surface area contributed by atoms with Crippen LogP contribution in [0, 0.1) is 5.41 Å². The summed E-state index contributed by atoms with van der Waals surface area (Å²) in [6.07, 6.45) is 4.97. The smallest absolute Gasteiger partial charge is 0.214 e. The first-order chi connectivity index (χ1) is 7.55. The fourth-order valence-electron chi connectivity index (χ4n) is 2.12. The van der Waals surface area contributed by atoms with E-state index in [1.807, 2.05) is 12.1 Å². The maximum absolute atomic E-state index is 5.83. The molecule has 2 nitrogen and oxygen atoms in total. The molecule has 0 radical (unpaired) electrons. The van der Waals surface area contributed by atoms with Gasteiger partial charge in [-0.3, -0.25) is 0 Å². The van der Waals surface area contributed by atoms with Gasteiger partial charge >= 0.3 is 0 Å². The molecule has 0 aliphatic heterocycles. The first-order valence-corrected chi connectivity index (χ1v) is 6.22. The SMILES string of the molecule is CC1(C)CCC(Oc2cccc(Cl)n2)CC1. The molecule has 16 heavy (non-hydrogen) atoms. The van der Waals surface area contributed by atoms with E-state index in [4.69, 9.17) is 16.3 Å².